The maximum Gasteiger partial charge on any atom is 0.216 e. The summed E-state index contributed by atoms with van der Waals surface area (Å²) in [7, 11) is -0.906. The van der Waals surface area contributed by atoms with Crippen molar-refractivity contribution in [1.29, 1.82) is 0 Å². The van der Waals surface area contributed by atoms with Crippen molar-refractivity contribution in [2.45, 2.75) is 155 Å². The van der Waals surface area contributed by atoms with Crippen molar-refractivity contribution in [3.8, 4) is 0 Å². The highest BCUT2D eigenvalue weighted by atomic mass is 31.1. The first-order valence-electron chi connectivity index (χ1n) is 22.4. The van der Waals surface area contributed by atoms with E-state index in [1.165, 1.54) is 68.0 Å². The van der Waals surface area contributed by atoms with Gasteiger partial charge in [-0.3, -0.25) is 0 Å². The summed E-state index contributed by atoms with van der Waals surface area (Å²) in [4.78, 5) is 5.27. The Morgan fingerprint density at radius 1 is 0.542 bits per heavy atom. The van der Waals surface area contributed by atoms with Gasteiger partial charge in [0, 0.05) is 5.56 Å². The number of rotatable bonds is 7. The average Bonchev–Trinajstić information content (AvgIpc) is 3.93. The summed E-state index contributed by atoms with van der Waals surface area (Å²) in [6.07, 6.45) is 5.51. The molecular formula is C56H68NOP. The highest BCUT2D eigenvalue weighted by molar-refractivity contribution is 7.80. The van der Waals surface area contributed by atoms with E-state index in [1.54, 1.807) is 16.4 Å². The smallest absolute Gasteiger partial charge is 0.216 e. The summed E-state index contributed by atoms with van der Waals surface area (Å²) >= 11 is 0. The molecule has 1 heterocycles. The van der Waals surface area contributed by atoms with E-state index in [0.29, 0.717) is 18.4 Å². The maximum atomic E-state index is 6.51. The Labute approximate surface area is 358 Å². The van der Waals surface area contributed by atoms with E-state index in [0.717, 1.165) is 25.2 Å². The standard InChI is InChI=1S/C56H68NOP/c1-53(2,3)39-29-40(54(4,5)6)32-44(31-39)59(45-33-41(55(7,8)9)30-42(34-45)56(10,11)12)49-23-17-21-38-25-27-47(51(38)49)46-26-24-37-20-16-22-48(50(37)46)52-57-43(35-58-52)28-36-18-14-13-15-19-36/h13-23,29-34,43,46-47H,24-28,35H2,1-12H3/t43-,46?,47-/m0/s1. The second-order valence-electron chi connectivity index (χ2n) is 22.0. The van der Waals surface area contributed by atoms with Crippen LogP contribution < -0.4 is 15.9 Å². The lowest BCUT2D eigenvalue weighted by Gasteiger charge is -2.33. The van der Waals surface area contributed by atoms with E-state index in [1.807, 2.05) is 0 Å². The van der Waals surface area contributed by atoms with Gasteiger partial charge < -0.3 is 4.74 Å². The minimum absolute atomic E-state index is 0.0249. The zero-order valence-corrected chi connectivity index (χ0v) is 39.0. The van der Waals surface area contributed by atoms with Crippen molar-refractivity contribution in [2.24, 2.45) is 4.99 Å². The highest BCUT2D eigenvalue weighted by Gasteiger charge is 2.41. The van der Waals surface area contributed by atoms with E-state index < -0.39 is 7.92 Å². The molecule has 0 aromatic heterocycles. The van der Waals surface area contributed by atoms with E-state index in [2.05, 4.69) is 186 Å². The molecule has 0 fully saturated rings. The Bertz CT molecular complexity index is 2230. The first-order valence-corrected chi connectivity index (χ1v) is 23.7. The van der Waals surface area contributed by atoms with Crippen LogP contribution in [0.3, 0.4) is 0 Å². The number of nitrogens with zero attached hydrogens (tertiary/aromatic N) is 1. The molecule has 0 bridgehead atoms. The molecule has 1 unspecified atom stereocenters. The predicted molar refractivity (Wildman–Crippen MR) is 255 cm³/mol. The van der Waals surface area contributed by atoms with Crippen molar-refractivity contribution in [2.75, 3.05) is 6.61 Å². The van der Waals surface area contributed by atoms with Crippen LogP contribution in [-0.2, 0) is 45.7 Å². The monoisotopic (exact) mass is 802 g/mol. The van der Waals surface area contributed by atoms with Gasteiger partial charge in [0.2, 0.25) is 5.90 Å². The quantitative estimate of drug-likeness (QED) is 0.150. The van der Waals surface area contributed by atoms with Gasteiger partial charge in [0.15, 0.2) is 0 Å². The molecule has 0 saturated carbocycles. The maximum absolute atomic E-state index is 6.51. The van der Waals surface area contributed by atoms with Crippen LogP contribution >= 0.6 is 7.92 Å². The fourth-order valence-electron chi connectivity index (χ4n) is 9.80. The Morgan fingerprint density at radius 2 is 1.02 bits per heavy atom. The largest absolute Gasteiger partial charge is 0.475 e. The predicted octanol–water partition coefficient (Wildman–Crippen LogP) is 12.8. The molecule has 5 aromatic rings. The van der Waals surface area contributed by atoms with Crippen LogP contribution in [-0.4, -0.2) is 18.5 Å². The molecule has 2 nitrogen and oxygen atoms in total. The summed E-state index contributed by atoms with van der Waals surface area (Å²) in [6, 6.07) is 40.5. The molecule has 3 aliphatic rings. The SMILES string of the molecule is CC(C)(C)c1cc(P(c2cc(C(C)(C)C)cc(C(C)(C)C)c2)c2cccc3c2[C@H](C2CCc4cccc(C5=N[C@@H](Cc6ccccc6)CO5)c42)CC3)cc(C(C)(C)C)c1. The molecule has 8 rings (SSSR count). The summed E-state index contributed by atoms with van der Waals surface area (Å²) in [6.45, 7) is 29.2. The molecule has 0 N–H and O–H groups in total. The van der Waals surface area contributed by atoms with Crippen molar-refractivity contribution >= 4 is 29.7 Å². The summed E-state index contributed by atoms with van der Waals surface area (Å²) in [5.74, 6) is 1.72. The molecule has 0 spiro atoms. The number of aliphatic imine (C=N–C) groups is 1. The summed E-state index contributed by atoms with van der Waals surface area (Å²) < 4.78 is 6.51. The van der Waals surface area contributed by atoms with Crippen LogP contribution in [0.5, 0.6) is 0 Å². The van der Waals surface area contributed by atoms with Crippen LogP contribution in [0.4, 0.5) is 0 Å². The molecule has 1 aliphatic heterocycles. The van der Waals surface area contributed by atoms with Gasteiger partial charge in [0.25, 0.3) is 0 Å². The fourth-order valence-corrected chi connectivity index (χ4v) is 12.5. The second kappa shape index (κ2) is 15.5. The third kappa shape index (κ3) is 8.51. The summed E-state index contributed by atoms with van der Waals surface area (Å²) in [5.41, 5.74) is 14.5. The van der Waals surface area contributed by atoms with Crippen LogP contribution in [0, 0.1) is 0 Å². The zero-order valence-electron chi connectivity index (χ0n) is 38.1. The van der Waals surface area contributed by atoms with Crippen LogP contribution in [0.2, 0.25) is 0 Å². The van der Waals surface area contributed by atoms with Crippen LogP contribution in [0.1, 0.15) is 163 Å². The Kier molecular flexibility index (Phi) is 10.9. The van der Waals surface area contributed by atoms with Crippen molar-refractivity contribution in [3.05, 3.63) is 159 Å². The molecule has 3 heteroatoms. The second-order valence-corrected chi connectivity index (χ2v) is 24.2. The minimum atomic E-state index is -0.906. The lowest BCUT2D eigenvalue weighted by molar-refractivity contribution is 0.316. The third-order valence-corrected chi connectivity index (χ3v) is 15.8. The van der Waals surface area contributed by atoms with E-state index >= 15 is 0 Å². The number of benzene rings is 5. The molecule has 3 atom stereocenters. The molecule has 0 radical (unpaired) electrons. The van der Waals surface area contributed by atoms with Crippen molar-refractivity contribution in [1.82, 2.24) is 0 Å². The van der Waals surface area contributed by atoms with Gasteiger partial charge in [-0.05, 0) is 146 Å². The normalized spacial score (nSPS) is 19.5. The molecule has 59 heavy (non-hydrogen) atoms. The first kappa shape index (κ1) is 41.7. The summed E-state index contributed by atoms with van der Waals surface area (Å²) in [5, 5.41) is 4.51. The average molecular weight is 802 g/mol. The number of ether oxygens (including phenoxy) is 1. The lowest BCUT2D eigenvalue weighted by Crippen LogP contribution is -2.30. The van der Waals surface area contributed by atoms with E-state index in [4.69, 9.17) is 9.73 Å². The van der Waals surface area contributed by atoms with Crippen molar-refractivity contribution in [3.63, 3.8) is 0 Å². The van der Waals surface area contributed by atoms with Gasteiger partial charge in [-0.15, -0.1) is 0 Å². The van der Waals surface area contributed by atoms with Gasteiger partial charge in [0.05, 0.1) is 6.04 Å². The molecule has 308 valence electrons. The third-order valence-electron chi connectivity index (χ3n) is 13.4. The van der Waals surface area contributed by atoms with Crippen LogP contribution in [0.25, 0.3) is 0 Å². The molecule has 5 aromatic carbocycles. The lowest BCUT2D eigenvalue weighted by atomic mass is 9.81. The Balaban J connectivity index is 1.30. The zero-order chi connectivity index (χ0) is 42.1. The Hall–Kier alpha value is -4.00. The number of hydrogen-bond donors (Lipinski definition) is 0. The molecule has 0 saturated heterocycles. The number of fused-ring (bicyclic) bond motifs is 2. The highest BCUT2D eigenvalue weighted by Crippen LogP contribution is 2.52. The number of aryl methyl sites for hydroxylation is 2. The fraction of sp³-hybridized carbons (Fsp3) is 0.446. The Morgan fingerprint density at radius 3 is 1.53 bits per heavy atom. The van der Waals surface area contributed by atoms with Gasteiger partial charge in [-0.25, -0.2) is 4.99 Å². The molecular weight excluding hydrogens is 734 g/mol. The van der Waals surface area contributed by atoms with Gasteiger partial charge >= 0.3 is 0 Å². The molecule has 2 aliphatic carbocycles. The minimum Gasteiger partial charge on any atom is -0.475 e. The number of hydrogen-bond acceptors (Lipinski definition) is 2. The first-order chi connectivity index (χ1) is 27.8. The van der Waals surface area contributed by atoms with Gasteiger partial charge in [0.1, 0.15) is 6.61 Å². The van der Waals surface area contributed by atoms with Crippen molar-refractivity contribution < 1.29 is 4.74 Å². The van der Waals surface area contributed by atoms with Gasteiger partial charge in [-0.2, -0.15) is 0 Å². The molecule has 0 amide bonds. The van der Waals surface area contributed by atoms with Gasteiger partial charge in [-0.1, -0.05) is 180 Å². The van der Waals surface area contributed by atoms with E-state index in [-0.39, 0.29) is 27.7 Å². The van der Waals surface area contributed by atoms with Crippen LogP contribution in [0.15, 0.2) is 108 Å². The topological polar surface area (TPSA) is 21.6 Å². The van der Waals surface area contributed by atoms with E-state index in [9.17, 15) is 0 Å².